The highest BCUT2D eigenvalue weighted by Gasteiger charge is 2.07. The van der Waals surface area contributed by atoms with Crippen LogP contribution in [0.25, 0.3) is 5.69 Å². The van der Waals surface area contributed by atoms with E-state index in [2.05, 4.69) is 10.3 Å². The molecule has 0 fully saturated rings. The van der Waals surface area contributed by atoms with Gasteiger partial charge in [-0.15, -0.1) is 16.7 Å². The topological polar surface area (TPSA) is 30.7 Å². The van der Waals surface area contributed by atoms with E-state index in [4.69, 9.17) is 23.2 Å². The van der Waals surface area contributed by atoms with Crippen molar-refractivity contribution >= 4 is 23.2 Å². The number of nitrogens with zero attached hydrogens (tertiary/aromatic N) is 3. The normalized spacial score (nSPS) is 10.6. The third-order valence-corrected chi connectivity index (χ3v) is 2.34. The van der Waals surface area contributed by atoms with Crippen LogP contribution >= 0.6 is 23.2 Å². The zero-order valence-corrected chi connectivity index (χ0v) is 9.00. The van der Waals surface area contributed by atoms with Gasteiger partial charge in [0, 0.05) is 5.02 Å². The molecule has 0 bridgehead atoms. The van der Waals surface area contributed by atoms with E-state index in [0.29, 0.717) is 16.4 Å². The van der Waals surface area contributed by atoms with Gasteiger partial charge in [0.25, 0.3) is 0 Å². The minimum atomic E-state index is -0.450. The Bertz CT molecular complexity index is 484. The zero-order chi connectivity index (χ0) is 10.8. The molecule has 0 saturated heterocycles. The number of alkyl halides is 1. The van der Waals surface area contributed by atoms with Crippen LogP contribution in [0.2, 0.25) is 5.02 Å². The van der Waals surface area contributed by atoms with Crippen LogP contribution in [0, 0.1) is 5.82 Å². The van der Waals surface area contributed by atoms with Crippen molar-refractivity contribution in [2.45, 2.75) is 5.88 Å². The molecule has 0 aliphatic rings. The highest BCUT2D eigenvalue weighted by atomic mass is 35.5. The third-order valence-electron chi connectivity index (χ3n) is 1.83. The average molecular weight is 246 g/mol. The molecule has 0 spiro atoms. The van der Waals surface area contributed by atoms with Gasteiger partial charge in [0.05, 0.1) is 17.8 Å². The summed E-state index contributed by atoms with van der Waals surface area (Å²) in [6.45, 7) is 0. The van der Waals surface area contributed by atoms with Gasteiger partial charge >= 0.3 is 0 Å². The van der Waals surface area contributed by atoms with Crippen LogP contribution in [0.1, 0.15) is 5.69 Å². The minimum absolute atomic E-state index is 0.245. The van der Waals surface area contributed by atoms with E-state index in [9.17, 15) is 4.39 Å². The molecule has 0 atom stereocenters. The van der Waals surface area contributed by atoms with Crippen molar-refractivity contribution in [3.8, 4) is 5.69 Å². The lowest BCUT2D eigenvalue weighted by atomic mass is 10.3. The van der Waals surface area contributed by atoms with E-state index >= 15 is 0 Å². The quantitative estimate of drug-likeness (QED) is 0.763. The second kappa shape index (κ2) is 4.16. The van der Waals surface area contributed by atoms with Gasteiger partial charge in [-0.3, -0.25) is 0 Å². The molecule has 0 unspecified atom stereocenters. The molecule has 78 valence electrons. The minimum Gasteiger partial charge on any atom is -0.217 e. The van der Waals surface area contributed by atoms with Crippen molar-refractivity contribution in [2.75, 3.05) is 0 Å². The Morgan fingerprint density at radius 1 is 1.40 bits per heavy atom. The van der Waals surface area contributed by atoms with E-state index in [1.165, 1.54) is 16.8 Å². The van der Waals surface area contributed by atoms with Crippen LogP contribution in [-0.4, -0.2) is 15.0 Å². The van der Waals surface area contributed by atoms with Crippen LogP contribution in [0.4, 0.5) is 4.39 Å². The van der Waals surface area contributed by atoms with Crippen molar-refractivity contribution in [2.24, 2.45) is 0 Å². The molecule has 1 heterocycles. The van der Waals surface area contributed by atoms with Crippen LogP contribution in [0.5, 0.6) is 0 Å². The summed E-state index contributed by atoms with van der Waals surface area (Å²) < 4.78 is 14.8. The van der Waals surface area contributed by atoms with Gasteiger partial charge in [-0.2, -0.15) is 0 Å². The molecule has 15 heavy (non-hydrogen) atoms. The largest absolute Gasteiger partial charge is 0.217 e. The fourth-order valence-electron chi connectivity index (χ4n) is 1.14. The molecule has 1 aromatic heterocycles. The summed E-state index contributed by atoms with van der Waals surface area (Å²) in [7, 11) is 0. The lowest BCUT2D eigenvalue weighted by Crippen LogP contribution is -1.98. The highest BCUT2D eigenvalue weighted by Crippen LogP contribution is 2.17. The summed E-state index contributed by atoms with van der Waals surface area (Å²) in [6.07, 6.45) is 1.57. The summed E-state index contributed by atoms with van der Waals surface area (Å²) in [5.74, 6) is -0.205. The van der Waals surface area contributed by atoms with Gasteiger partial charge in [0.1, 0.15) is 11.5 Å². The summed E-state index contributed by atoms with van der Waals surface area (Å²) in [5.41, 5.74) is 0.884. The van der Waals surface area contributed by atoms with Crippen molar-refractivity contribution < 1.29 is 4.39 Å². The Balaban J connectivity index is 2.44. The number of hydrogen-bond acceptors (Lipinski definition) is 2. The highest BCUT2D eigenvalue weighted by molar-refractivity contribution is 6.30. The molecule has 6 heteroatoms. The second-order valence-corrected chi connectivity index (χ2v) is 3.59. The molecule has 0 radical (unpaired) electrons. The van der Waals surface area contributed by atoms with Crippen LogP contribution < -0.4 is 0 Å². The van der Waals surface area contributed by atoms with Gasteiger partial charge in [-0.05, 0) is 18.2 Å². The number of hydrogen-bond donors (Lipinski definition) is 0. The first-order valence-electron chi connectivity index (χ1n) is 4.13. The van der Waals surface area contributed by atoms with Crippen molar-refractivity contribution in [3.05, 3.63) is 40.9 Å². The number of rotatable bonds is 2. The second-order valence-electron chi connectivity index (χ2n) is 2.88. The Labute approximate surface area is 95.4 Å². The van der Waals surface area contributed by atoms with Gasteiger partial charge in [-0.25, -0.2) is 9.07 Å². The summed E-state index contributed by atoms with van der Waals surface area (Å²) in [5, 5.41) is 7.84. The summed E-state index contributed by atoms with van der Waals surface area (Å²) in [4.78, 5) is 0. The number of aromatic nitrogens is 3. The lowest BCUT2D eigenvalue weighted by Gasteiger charge is -2.01. The van der Waals surface area contributed by atoms with Gasteiger partial charge < -0.3 is 0 Å². The van der Waals surface area contributed by atoms with Crippen molar-refractivity contribution in [1.82, 2.24) is 15.0 Å². The molecule has 0 saturated carbocycles. The van der Waals surface area contributed by atoms with Gasteiger partial charge in [-0.1, -0.05) is 16.8 Å². The first kappa shape index (κ1) is 10.4. The molecule has 1 aromatic carbocycles. The zero-order valence-electron chi connectivity index (χ0n) is 7.49. The molecule has 0 aliphatic carbocycles. The maximum Gasteiger partial charge on any atom is 0.150 e. The number of halogens is 3. The molecule has 3 nitrogen and oxygen atoms in total. The third kappa shape index (κ3) is 2.11. The Morgan fingerprint density at radius 3 is 2.80 bits per heavy atom. The van der Waals surface area contributed by atoms with Crippen molar-refractivity contribution in [1.29, 1.82) is 0 Å². The molecular formula is C9H6Cl2FN3. The van der Waals surface area contributed by atoms with Gasteiger partial charge in [0.2, 0.25) is 0 Å². The smallest absolute Gasteiger partial charge is 0.150 e. The van der Waals surface area contributed by atoms with E-state index < -0.39 is 5.82 Å². The Morgan fingerprint density at radius 2 is 2.20 bits per heavy atom. The summed E-state index contributed by atoms with van der Waals surface area (Å²) in [6, 6.07) is 4.34. The average Bonchev–Trinajstić information content (AvgIpc) is 2.66. The van der Waals surface area contributed by atoms with Crippen molar-refractivity contribution in [3.63, 3.8) is 0 Å². The van der Waals surface area contributed by atoms with Gasteiger partial charge in [0.15, 0.2) is 0 Å². The molecular weight excluding hydrogens is 240 g/mol. The molecule has 0 aliphatic heterocycles. The predicted octanol–water partition coefficient (Wildman–Crippen LogP) is 2.80. The van der Waals surface area contributed by atoms with Crippen LogP contribution in [0.3, 0.4) is 0 Å². The van der Waals surface area contributed by atoms with Crippen LogP contribution in [-0.2, 0) is 5.88 Å². The SMILES string of the molecule is Fc1cc(Cl)ccc1-n1cc(CCl)nn1. The monoisotopic (exact) mass is 245 g/mol. The first-order chi connectivity index (χ1) is 7.20. The van der Waals surface area contributed by atoms with E-state index in [-0.39, 0.29) is 5.88 Å². The standard InChI is InChI=1S/C9H6Cl2FN3/c10-4-7-5-15(14-13-7)9-2-1-6(11)3-8(9)12/h1-3,5H,4H2. The van der Waals surface area contributed by atoms with Crippen LogP contribution in [0.15, 0.2) is 24.4 Å². The van der Waals surface area contributed by atoms with E-state index in [0.717, 1.165) is 0 Å². The fourth-order valence-corrected chi connectivity index (χ4v) is 1.43. The number of benzene rings is 1. The maximum absolute atomic E-state index is 13.4. The molecule has 2 rings (SSSR count). The fraction of sp³-hybridized carbons (Fsp3) is 0.111. The predicted molar refractivity (Wildman–Crippen MR) is 55.9 cm³/mol. The summed E-state index contributed by atoms with van der Waals surface area (Å²) >= 11 is 11.2. The molecule has 0 N–H and O–H groups in total. The lowest BCUT2D eigenvalue weighted by molar-refractivity contribution is 0.607. The van der Waals surface area contributed by atoms with E-state index in [1.54, 1.807) is 12.3 Å². The Hall–Kier alpha value is -1.13. The Kier molecular flexibility index (Phi) is 2.88. The maximum atomic E-state index is 13.4. The first-order valence-corrected chi connectivity index (χ1v) is 5.04. The molecule has 0 amide bonds. The van der Waals surface area contributed by atoms with E-state index in [1.807, 2.05) is 0 Å². The molecule has 2 aromatic rings.